The number of rotatable bonds is 4. The predicted molar refractivity (Wildman–Crippen MR) is 49.5 cm³/mol. The number of carbonyl (C=O) groups excluding carboxylic acids is 1. The Hall–Kier alpha value is -1.29. The zero-order valence-electron chi connectivity index (χ0n) is 7.67. The molecule has 1 aromatic rings. The average Bonchev–Trinajstić information content (AvgIpc) is 2.54. The lowest BCUT2D eigenvalue weighted by Crippen LogP contribution is -2.21. The van der Waals surface area contributed by atoms with Crippen LogP contribution in [0, 0.1) is 0 Å². The Morgan fingerprint density at radius 3 is 3.00 bits per heavy atom. The number of hydrogen-bond acceptors (Lipinski definition) is 3. The highest BCUT2D eigenvalue weighted by Gasteiger charge is 2.08. The quantitative estimate of drug-likeness (QED) is 0.713. The number of nitrogens with two attached hydrogens (primary N) is 1. The SMILES string of the molecule is CCNC(=O)c1ccc(CCN)o1. The van der Waals surface area contributed by atoms with E-state index < -0.39 is 0 Å². The molecule has 0 unspecified atom stereocenters. The normalized spacial score (nSPS) is 10.0. The summed E-state index contributed by atoms with van der Waals surface area (Å²) in [6, 6.07) is 3.44. The van der Waals surface area contributed by atoms with Gasteiger partial charge in [-0.2, -0.15) is 0 Å². The van der Waals surface area contributed by atoms with Gasteiger partial charge in [0.05, 0.1) is 0 Å². The zero-order chi connectivity index (χ0) is 9.68. The first-order valence-electron chi connectivity index (χ1n) is 4.35. The van der Waals surface area contributed by atoms with E-state index in [1.807, 2.05) is 6.92 Å². The zero-order valence-corrected chi connectivity index (χ0v) is 7.67. The number of nitrogens with one attached hydrogen (secondary N) is 1. The molecule has 4 heteroatoms. The standard InChI is InChI=1S/C9H14N2O2/c1-2-11-9(12)8-4-3-7(13-8)5-6-10/h3-4H,2,5-6,10H2,1H3,(H,11,12). The fraction of sp³-hybridized carbons (Fsp3) is 0.444. The van der Waals surface area contributed by atoms with Gasteiger partial charge in [0.15, 0.2) is 5.76 Å². The molecule has 1 amide bonds. The molecule has 1 aromatic heterocycles. The summed E-state index contributed by atoms with van der Waals surface area (Å²) in [4.78, 5) is 11.2. The van der Waals surface area contributed by atoms with Crippen molar-refractivity contribution in [2.75, 3.05) is 13.1 Å². The minimum Gasteiger partial charge on any atom is -0.456 e. The Morgan fingerprint density at radius 2 is 2.38 bits per heavy atom. The van der Waals surface area contributed by atoms with Gasteiger partial charge in [-0.3, -0.25) is 4.79 Å². The van der Waals surface area contributed by atoms with Crippen molar-refractivity contribution >= 4 is 5.91 Å². The van der Waals surface area contributed by atoms with E-state index in [-0.39, 0.29) is 5.91 Å². The molecule has 1 rings (SSSR count). The van der Waals surface area contributed by atoms with E-state index in [1.165, 1.54) is 0 Å². The second kappa shape index (κ2) is 4.67. The molecular formula is C9H14N2O2. The number of carbonyl (C=O) groups is 1. The van der Waals surface area contributed by atoms with E-state index in [0.29, 0.717) is 25.3 Å². The molecule has 0 radical (unpaired) electrons. The molecular weight excluding hydrogens is 168 g/mol. The van der Waals surface area contributed by atoms with Gasteiger partial charge in [0.25, 0.3) is 5.91 Å². The van der Waals surface area contributed by atoms with Crippen LogP contribution in [0.25, 0.3) is 0 Å². The van der Waals surface area contributed by atoms with Gasteiger partial charge in [-0.25, -0.2) is 0 Å². The van der Waals surface area contributed by atoms with Crippen LogP contribution < -0.4 is 11.1 Å². The third-order valence-electron chi connectivity index (χ3n) is 1.61. The molecule has 0 aromatic carbocycles. The molecule has 0 aliphatic carbocycles. The molecule has 0 atom stereocenters. The van der Waals surface area contributed by atoms with E-state index in [9.17, 15) is 4.79 Å². The van der Waals surface area contributed by atoms with E-state index >= 15 is 0 Å². The maximum absolute atomic E-state index is 11.2. The lowest BCUT2D eigenvalue weighted by molar-refractivity contribution is 0.0926. The van der Waals surface area contributed by atoms with Crippen molar-refractivity contribution in [3.8, 4) is 0 Å². The third kappa shape index (κ3) is 2.59. The van der Waals surface area contributed by atoms with Gasteiger partial charge in [0, 0.05) is 13.0 Å². The Balaban J connectivity index is 2.62. The highest BCUT2D eigenvalue weighted by molar-refractivity contribution is 5.91. The molecule has 13 heavy (non-hydrogen) atoms. The molecule has 1 heterocycles. The first kappa shape index (κ1) is 9.80. The Bertz CT molecular complexity index is 281. The van der Waals surface area contributed by atoms with Crippen molar-refractivity contribution in [3.63, 3.8) is 0 Å². The van der Waals surface area contributed by atoms with Crippen LogP contribution in [0.5, 0.6) is 0 Å². The van der Waals surface area contributed by atoms with Gasteiger partial charge >= 0.3 is 0 Å². The number of furan rings is 1. The molecule has 0 saturated carbocycles. The summed E-state index contributed by atoms with van der Waals surface area (Å²) in [5.41, 5.74) is 5.34. The lowest BCUT2D eigenvalue weighted by atomic mass is 10.3. The lowest BCUT2D eigenvalue weighted by Gasteiger charge is -1.97. The van der Waals surface area contributed by atoms with Gasteiger partial charge < -0.3 is 15.5 Å². The van der Waals surface area contributed by atoms with Crippen molar-refractivity contribution in [2.45, 2.75) is 13.3 Å². The molecule has 0 aliphatic heterocycles. The molecule has 3 N–H and O–H groups in total. The molecule has 72 valence electrons. The summed E-state index contributed by atoms with van der Waals surface area (Å²) < 4.78 is 5.25. The highest BCUT2D eigenvalue weighted by atomic mass is 16.3. The molecule has 0 bridgehead atoms. The smallest absolute Gasteiger partial charge is 0.286 e. The molecule has 0 aliphatic rings. The Kier molecular flexibility index (Phi) is 3.52. The maximum Gasteiger partial charge on any atom is 0.286 e. The van der Waals surface area contributed by atoms with Crippen LogP contribution in [0.15, 0.2) is 16.5 Å². The van der Waals surface area contributed by atoms with Crippen molar-refractivity contribution in [1.82, 2.24) is 5.32 Å². The summed E-state index contributed by atoms with van der Waals surface area (Å²) in [5, 5.41) is 2.65. The van der Waals surface area contributed by atoms with Crippen molar-refractivity contribution in [3.05, 3.63) is 23.7 Å². The predicted octanol–water partition coefficient (Wildman–Crippen LogP) is 0.531. The van der Waals surface area contributed by atoms with E-state index in [1.54, 1.807) is 12.1 Å². The fourth-order valence-corrected chi connectivity index (χ4v) is 1.02. The minimum atomic E-state index is -0.175. The largest absolute Gasteiger partial charge is 0.456 e. The monoisotopic (exact) mass is 182 g/mol. The van der Waals surface area contributed by atoms with Crippen LogP contribution in [-0.4, -0.2) is 19.0 Å². The fourth-order valence-electron chi connectivity index (χ4n) is 1.02. The summed E-state index contributed by atoms with van der Waals surface area (Å²) >= 11 is 0. The number of amides is 1. The maximum atomic E-state index is 11.2. The average molecular weight is 182 g/mol. The summed E-state index contributed by atoms with van der Waals surface area (Å²) in [6.45, 7) is 3.00. The Morgan fingerprint density at radius 1 is 1.62 bits per heavy atom. The van der Waals surface area contributed by atoms with E-state index in [4.69, 9.17) is 10.2 Å². The topological polar surface area (TPSA) is 68.3 Å². The highest BCUT2D eigenvalue weighted by Crippen LogP contribution is 2.07. The van der Waals surface area contributed by atoms with Gasteiger partial charge in [0.2, 0.25) is 0 Å². The summed E-state index contributed by atoms with van der Waals surface area (Å²) in [5.74, 6) is 0.930. The molecule has 0 spiro atoms. The summed E-state index contributed by atoms with van der Waals surface area (Å²) in [7, 11) is 0. The molecule has 0 saturated heterocycles. The Labute approximate surface area is 77.1 Å². The van der Waals surface area contributed by atoms with E-state index in [2.05, 4.69) is 5.32 Å². The second-order valence-electron chi connectivity index (χ2n) is 2.66. The summed E-state index contributed by atoms with van der Waals surface area (Å²) in [6.07, 6.45) is 0.666. The first-order valence-corrected chi connectivity index (χ1v) is 4.35. The molecule has 4 nitrogen and oxygen atoms in total. The van der Waals surface area contributed by atoms with Crippen LogP contribution in [0.2, 0.25) is 0 Å². The number of hydrogen-bond donors (Lipinski definition) is 2. The van der Waals surface area contributed by atoms with Crippen molar-refractivity contribution in [1.29, 1.82) is 0 Å². The van der Waals surface area contributed by atoms with Crippen LogP contribution in [0.3, 0.4) is 0 Å². The van der Waals surface area contributed by atoms with Crippen LogP contribution in [-0.2, 0) is 6.42 Å². The van der Waals surface area contributed by atoms with Crippen molar-refractivity contribution < 1.29 is 9.21 Å². The van der Waals surface area contributed by atoms with Crippen LogP contribution in [0.4, 0.5) is 0 Å². The van der Waals surface area contributed by atoms with Gasteiger partial charge in [-0.1, -0.05) is 0 Å². The van der Waals surface area contributed by atoms with Crippen LogP contribution >= 0.6 is 0 Å². The van der Waals surface area contributed by atoms with E-state index in [0.717, 1.165) is 5.76 Å². The van der Waals surface area contributed by atoms with Gasteiger partial charge in [-0.15, -0.1) is 0 Å². The minimum absolute atomic E-state index is 0.175. The van der Waals surface area contributed by atoms with Gasteiger partial charge in [-0.05, 0) is 25.6 Å². The van der Waals surface area contributed by atoms with Crippen molar-refractivity contribution in [2.24, 2.45) is 5.73 Å². The first-order chi connectivity index (χ1) is 6.27. The van der Waals surface area contributed by atoms with Crippen LogP contribution in [0.1, 0.15) is 23.2 Å². The second-order valence-corrected chi connectivity index (χ2v) is 2.66. The third-order valence-corrected chi connectivity index (χ3v) is 1.61. The molecule has 0 fully saturated rings. The van der Waals surface area contributed by atoms with Gasteiger partial charge in [0.1, 0.15) is 5.76 Å².